The number of ether oxygens (including phenoxy) is 3. The predicted octanol–water partition coefficient (Wildman–Crippen LogP) is 4.42. The number of morpholine rings is 1. The van der Waals surface area contributed by atoms with Gasteiger partial charge in [-0.05, 0) is 31.4 Å². The number of fused-ring (bicyclic) bond motifs is 1. The van der Waals surface area contributed by atoms with Crippen molar-refractivity contribution in [1.29, 1.82) is 0 Å². The van der Waals surface area contributed by atoms with Crippen molar-refractivity contribution in [3.63, 3.8) is 0 Å². The summed E-state index contributed by atoms with van der Waals surface area (Å²) in [6.07, 6.45) is 0.391. The molecule has 12 heteroatoms. The molecule has 1 saturated carbocycles. The van der Waals surface area contributed by atoms with Crippen molar-refractivity contribution in [3.05, 3.63) is 36.2 Å². The molecular weight excluding hydrogens is 498 g/mol. The highest BCUT2D eigenvalue weighted by Crippen LogP contribution is 2.31. The summed E-state index contributed by atoms with van der Waals surface area (Å²) in [6.45, 7) is 4.61. The monoisotopic (exact) mass is 530 g/mol. The fourth-order valence-electron chi connectivity index (χ4n) is 4.78. The average Bonchev–Trinajstić information content (AvgIpc) is 3.53. The van der Waals surface area contributed by atoms with Gasteiger partial charge in [-0.3, -0.25) is 4.57 Å². The van der Waals surface area contributed by atoms with Crippen LogP contribution < -0.4 is 15.0 Å². The summed E-state index contributed by atoms with van der Waals surface area (Å²) in [4.78, 5) is 27.4. The van der Waals surface area contributed by atoms with Crippen molar-refractivity contribution in [1.82, 2.24) is 24.8 Å². The number of carbonyl (C=O) groups is 1. The number of carbonyl (C=O) groups excluding carboxylic acids is 1. The lowest BCUT2D eigenvalue weighted by Gasteiger charge is -2.27. The number of halogens is 2. The lowest BCUT2D eigenvalue weighted by Crippen LogP contribution is -2.37. The number of rotatable bonds is 9. The van der Waals surface area contributed by atoms with E-state index in [2.05, 4.69) is 20.3 Å². The lowest BCUT2D eigenvalue weighted by atomic mass is 10.2. The number of hydrogen-bond donors (Lipinski definition) is 1. The van der Waals surface area contributed by atoms with Gasteiger partial charge >= 0.3 is 6.09 Å². The molecule has 0 bridgehead atoms. The maximum atomic E-state index is 14.1. The minimum atomic E-state index is -2.80. The van der Waals surface area contributed by atoms with Crippen LogP contribution in [0.1, 0.15) is 51.3 Å². The van der Waals surface area contributed by atoms with Gasteiger partial charge in [-0.1, -0.05) is 25.5 Å². The first-order chi connectivity index (χ1) is 18.5. The second-order valence-electron chi connectivity index (χ2n) is 9.44. The van der Waals surface area contributed by atoms with Crippen LogP contribution in [0.4, 0.5) is 19.5 Å². The highest BCUT2D eigenvalue weighted by Gasteiger charge is 2.29. The van der Waals surface area contributed by atoms with Crippen molar-refractivity contribution in [3.8, 4) is 11.7 Å². The van der Waals surface area contributed by atoms with Crippen LogP contribution in [0.5, 0.6) is 5.88 Å². The molecule has 2 aromatic heterocycles. The zero-order chi connectivity index (χ0) is 26.5. The van der Waals surface area contributed by atoms with E-state index >= 15 is 0 Å². The van der Waals surface area contributed by atoms with E-state index in [1.807, 2.05) is 11.8 Å². The Hall–Kier alpha value is -3.54. The predicted molar refractivity (Wildman–Crippen MR) is 136 cm³/mol. The number of unbranched alkanes of at least 4 members (excludes halogenated alkanes) is 1. The molecule has 1 aromatic carbocycles. The third-order valence-corrected chi connectivity index (χ3v) is 6.71. The molecule has 204 valence electrons. The second-order valence-corrected chi connectivity index (χ2v) is 9.44. The normalized spacial score (nSPS) is 19.7. The Morgan fingerprint density at radius 2 is 2.00 bits per heavy atom. The van der Waals surface area contributed by atoms with Gasteiger partial charge in [0.15, 0.2) is 5.82 Å². The van der Waals surface area contributed by atoms with Crippen LogP contribution in [0.25, 0.3) is 16.9 Å². The Morgan fingerprint density at radius 3 is 2.79 bits per heavy atom. The maximum absolute atomic E-state index is 14.1. The number of alkyl halides is 2. The summed E-state index contributed by atoms with van der Waals surface area (Å²) in [6, 6.07) is 8.46. The van der Waals surface area contributed by atoms with Crippen LogP contribution in [-0.4, -0.2) is 70.7 Å². The number of anilines is 1. The third-order valence-electron chi connectivity index (χ3n) is 6.71. The van der Waals surface area contributed by atoms with Crippen LogP contribution >= 0.6 is 0 Å². The van der Waals surface area contributed by atoms with Crippen LogP contribution in [0.15, 0.2) is 30.3 Å². The number of alkyl carbamates (subject to hydrolysis) is 1. The first-order valence-electron chi connectivity index (χ1n) is 13.1. The molecule has 3 aromatic rings. The molecule has 3 heterocycles. The Kier molecular flexibility index (Phi) is 8.16. The Balaban J connectivity index is 1.40. The second kappa shape index (κ2) is 11.9. The minimum Gasteiger partial charge on any atom is -0.474 e. The summed E-state index contributed by atoms with van der Waals surface area (Å²) >= 11 is 0. The smallest absolute Gasteiger partial charge is 0.407 e. The zero-order valence-corrected chi connectivity index (χ0v) is 21.3. The van der Waals surface area contributed by atoms with Crippen LogP contribution in [0.3, 0.4) is 0 Å². The molecular formula is C26H32F2N6O4. The number of hydrogen-bond acceptors (Lipinski definition) is 8. The van der Waals surface area contributed by atoms with E-state index in [1.165, 1.54) is 4.57 Å². The van der Waals surface area contributed by atoms with Crippen LogP contribution in [-0.2, 0) is 9.47 Å². The van der Waals surface area contributed by atoms with E-state index in [-0.39, 0.29) is 23.8 Å². The zero-order valence-electron chi connectivity index (χ0n) is 21.3. The third kappa shape index (κ3) is 5.95. The molecule has 1 amide bonds. The number of benzene rings is 1. The van der Waals surface area contributed by atoms with Crippen molar-refractivity contribution in [2.45, 2.75) is 57.6 Å². The number of aromatic nitrogens is 4. The standard InChI is InChI=1S/C26H32F2N6O4/c1-2-3-12-37-26(35)29-17-8-9-18(15-17)38-22-16-21(31-25(32-22)33-10-13-36-14-11-33)34-20-7-5-4-6-19(20)30-24(34)23(27)28/h4-7,16-18,23H,2-3,8-15H2,1H3,(H,29,35)/t17-,18-/m0/s1. The fraction of sp³-hybridized carbons (Fsp3) is 0.538. The summed E-state index contributed by atoms with van der Waals surface area (Å²) in [7, 11) is 0. The fourth-order valence-corrected chi connectivity index (χ4v) is 4.78. The Bertz CT molecular complexity index is 1250. The Labute approximate surface area is 219 Å². The number of amides is 1. The number of nitrogens with one attached hydrogen (secondary N) is 1. The van der Waals surface area contributed by atoms with E-state index < -0.39 is 18.3 Å². The molecule has 10 nitrogen and oxygen atoms in total. The number of para-hydroxylation sites is 2. The highest BCUT2D eigenvalue weighted by molar-refractivity contribution is 5.78. The van der Waals surface area contributed by atoms with Gasteiger partial charge in [-0.25, -0.2) is 18.6 Å². The summed E-state index contributed by atoms with van der Waals surface area (Å²) in [5.74, 6) is 0.528. The van der Waals surface area contributed by atoms with Gasteiger partial charge in [0.1, 0.15) is 11.9 Å². The molecule has 2 atom stereocenters. The largest absolute Gasteiger partial charge is 0.474 e. The summed E-state index contributed by atoms with van der Waals surface area (Å²) in [5.41, 5.74) is 0.972. The quantitative estimate of drug-likeness (QED) is 0.406. The van der Waals surface area contributed by atoms with Gasteiger partial charge < -0.3 is 24.4 Å². The van der Waals surface area contributed by atoms with Gasteiger partial charge in [0.05, 0.1) is 30.9 Å². The van der Waals surface area contributed by atoms with Crippen molar-refractivity contribution >= 4 is 23.1 Å². The van der Waals surface area contributed by atoms with Crippen LogP contribution in [0.2, 0.25) is 0 Å². The molecule has 1 N–H and O–H groups in total. The summed E-state index contributed by atoms with van der Waals surface area (Å²) < 4.78 is 46.4. The molecule has 0 spiro atoms. The van der Waals surface area contributed by atoms with Gasteiger partial charge in [0.2, 0.25) is 11.8 Å². The highest BCUT2D eigenvalue weighted by atomic mass is 19.3. The van der Waals surface area contributed by atoms with Gasteiger partial charge in [-0.15, -0.1) is 0 Å². The number of nitrogens with zero attached hydrogens (tertiary/aromatic N) is 5. The van der Waals surface area contributed by atoms with E-state index in [9.17, 15) is 13.6 Å². The van der Waals surface area contributed by atoms with Crippen molar-refractivity contribution in [2.75, 3.05) is 37.8 Å². The van der Waals surface area contributed by atoms with E-state index in [0.29, 0.717) is 62.7 Å². The molecule has 0 unspecified atom stereocenters. The molecule has 1 aliphatic carbocycles. The van der Waals surface area contributed by atoms with Gasteiger partial charge in [-0.2, -0.15) is 9.97 Å². The molecule has 1 aliphatic heterocycles. The first-order valence-corrected chi connectivity index (χ1v) is 13.1. The van der Waals surface area contributed by atoms with Crippen LogP contribution in [0, 0.1) is 0 Å². The molecule has 0 radical (unpaired) electrons. The van der Waals surface area contributed by atoms with E-state index in [0.717, 1.165) is 19.3 Å². The first kappa shape index (κ1) is 26.1. The van der Waals surface area contributed by atoms with Gasteiger partial charge in [0, 0.05) is 31.6 Å². The number of imidazole rings is 1. The van der Waals surface area contributed by atoms with E-state index in [1.54, 1.807) is 30.3 Å². The lowest BCUT2D eigenvalue weighted by molar-refractivity contribution is 0.121. The summed E-state index contributed by atoms with van der Waals surface area (Å²) in [5, 5.41) is 2.90. The van der Waals surface area contributed by atoms with Crippen molar-refractivity contribution in [2.24, 2.45) is 0 Å². The SMILES string of the molecule is CCCCOC(=O)N[C@H]1CC[C@H](Oc2cc(-n3c(C(F)F)nc4ccccc43)nc(N3CCOCC3)n2)C1. The molecule has 2 fully saturated rings. The van der Waals surface area contributed by atoms with E-state index in [4.69, 9.17) is 14.2 Å². The topological polar surface area (TPSA) is 104 Å². The molecule has 38 heavy (non-hydrogen) atoms. The average molecular weight is 531 g/mol. The van der Waals surface area contributed by atoms with Crippen molar-refractivity contribution < 1.29 is 27.8 Å². The molecule has 5 rings (SSSR count). The molecule has 1 saturated heterocycles. The Morgan fingerprint density at radius 1 is 1.18 bits per heavy atom. The molecule has 2 aliphatic rings. The maximum Gasteiger partial charge on any atom is 0.407 e. The minimum absolute atomic E-state index is 0.0721. The van der Waals surface area contributed by atoms with Gasteiger partial charge in [0.25, 0.3) is 6.43 Å².